The van der Waals surface area contributed by atoms with Gasteiger partial charge in [0, 0.05) is 55.6 Å². The van der Waals surface area contributed by atoms with Gasteiger partial charge in [0.2, 0.25) is 11.2 Å². The number of benzene rings is 15. The van der Waals surface area contributed by atoms with Crippen molar-refractivity contribution in [3.05, 3.63) is 78.3 Å². The standard InChI is InChI=1S/C76H36O10/c1-67(2,3)79-83-71-53-43-33-23-18-14-13-15-17-16(14)21-29(23)39-41-31(21)32-22(17)30-24-19(15)26-28-20(13)27-25(18)35(33)45-47-37(27)38(28)48-46-36(26)34(24)44-50-40(30)42(32)52-51(41)61(59(71)49(39)43)75-62(52)60(50)72(84-80-68(4,5)6)54(44)56(46)74(86-82-70(10,11)12)58(48)57(47)73(55(45)53,85-81-69(7,8)9)65-63(71)76(75,78-75)64(72)66(74)77-65/h1-12H3/t71-,72+,73+,74-,75?,76?. The van der Waals surface area contributed by atoms with E-state index in [2.05, 4.69) is 83.1 Å². The molecule has 0 radical (unpaired) electrons. The number of epoxide rings is 1. The van der Waals surface area contributed by atoms with Gasteiger partial charge in [-0.2, -0.15) is 0 Å². The van der Waals surface area contributed by atoms with Crippen LogP contribution in [-0.2, 0) is 76.6 Å². The summed E-state index contributed by atoms with van der Waals surface area (Å²) in [6.07, 6.45) is 0. The van der Waals surface area contributed by atoms with E-state index < -0.39 is 56.0 Å². The summed E-state index contributed by atoms with van der Waals surface area (Å²) in [5, 5.41) is 54.8. The Hall–Kier alpha value is -7.58. The van der Waals surface area contributed by atoms with Crippen molar-refractivity contribution in [1.82, 2.24) is 0 Å². The molecule has 1 saturated heterocycles. The SMILES string of the molecule is CC(C)(C)OO[C@]12C3=C4OC5=C6C37OC73c7c1c1c8c2c2c9c%10c(c%11c%12c%13c(c%14c%15c%16c(c3c3c7c7c1c1c%17c8c9c8c9c%10c%12c%10c%12c%13c%15c%13c%15c%16c3c3c7c1c1c(c3%15)c(c%13%12)c(c9%10)c1c%178)[C@@]6%14OOC(C)(C)C)[C@@]5%11OOC(C)(C)C)[C@@]42OOC(C)(C)C. The Morgan fingerprint density at radius 1 is 0.209 bits per heavy atom. The number of fused-ring (bicyclic) bond motifs is 5. The third-order valence-electron chi connectivity index (χ3n) is 26.2. The molecule has 32 rings (SSSR count). The van der Waals surface area contributed by atoms with Crippen LogP contribution < -0.4 is 0 Å². The van der Waals surface area contributed by atoms with Crippen molar-refractivity contribution in [2.45, 2.75) is 139 Å². The monoisotopic (exact) mass is 1110 g/mol. The van der Waals surface area contributed by atoms with E-state index in [1.807, 2.05) is 0 Å². The molecule has 2 aliphatic heterocycles. The summed E-state index contributed by atoms with van der Waals surface area (Å²) in [4.78, 5) is 61.7. The molecule has 21 aromatic carbocycles. The molecule has 400 valence electrons. The van der Waals surface area contributed by atoms with Gasteiger partial charge in [-0.3, -0.25) is 0 Å². The maximum absolute atomic E-state index is 8.77. The minimum atomic E-state index is -1.56. The van der Waals surface area contributed by atoms with Crippen LogP contribution in [0.15, 0.2) is 22.7 Å². The normalized spacial score (nSPS) is 29.8. The Labute approximate surface area is 479 Å². The Morgan fingerprint density at radius 3 is 0.605 bits per heavy atom. The molecule has 0 aromatic heterocycles. The third-order valence-corrected chi connectivity index (χ3v) is 26.2. The van der Waals surface area contributed by atoms with Gasteiger partial charge in [0.05, 0.1) is 33.6 Å². The quantitative estimate of drug-likeness (QED) is 0.0633. The van der Waals surface area contributed by atoms with Gasteiger partial charge in [-0.15, -0.1) is 0 Å². The topological polar surface area (TPSA) is 95.6 Å². The number of ether oxygens (including phenoxy) is 2. The van der Waals surface area contributed by atoms with Gasteiger partial charge >= 0.3 is 0 Å². The molecule has 2 unspecified atom stereocenters. The fraction of sp³-hybridized carbons (Fsp3) is 0.289. The number of rotatable bonds is 8. The zero-order chi connectivity index (χ0) is 55.2. The van der Waals surface area contributed by atoms with E-state index in [1.165, 1.54) is 227 Å². The van der Waals surface area contributed by atoms with Crippen LogP contribution in [0.3, 0.4) is 0 Å². The minimum Gasteiger partial charge on any atom is -0.458 e. The van der Waals surface area contributed by atoms with Crippen LogP contribution in [0.4, 0.5) is 0 Å². The first-order chi connectivity index (χ1) is 41.2. The van der Waals surface area contributed by atoms with E-state index in [0.717, 1.165) is 55.7 Å². The van der Waals surface area contributed by atoms with Crippen LogP contribution in [-0.4, -0.2) is 28.0 Å². The van der Waals surface area contributed by atoms with E-state index in [9.17, 15) is 0 Å². The van der Waals surface area contributed by atoms with Gasteiger partial charge in [0.15, 0.2) is 33.9 Å². The average Bonchev–Trinajstić information content (AvgIpc) is 1.37. The molecular formula is C76H36O10. The average molecular weight is 1110 g/mol. The highest BCUT2D eigenvalue weighted by atomic mass is 17.2. The van der Waals surface area contributed by atoms with Gasteiger partial charge in [-0.1, -0.05) is 0 Å². The lowest BCUT2D eigenvalue weighted by atomic mass is 9.50. The van der Waals surface area contributed by atoms with Crippen molar-refractivity contribution >= 4 is 215 Å². The molecule has 0 amide bonds. The molecule has 1 fully saturated rings. The van der Waals surface area contributed by atoms with Crippen molar-refractivity contribution in [2.75, 3.05) is 0 Å². The highest BCUT2D eigenvalue weighted by Gasteiger charge is 2.96. The van der Waals surface area contributed by atoms with Gasteiger partial charge in [-0.05, 0) is 299 Å². The Bertz CT molecular complexity index is 6980. The second kappa shape index (κ2) is 8.98. The third kappa shape index (κ3) is 2.45. The summed E-state index contributed by atoms with van der Waals surface area (Å²) in [6.45, 7) is 25.2. The van der Waals surface area contributed by atoms with E-state index in [-0.39, 0.29) is 0 Å². The lowest BCUT2D eigenvalue weighted by molar-refractivity contribution is -0.410. The van der Waals surface area contributed by atoms with Crippen LogP contribution in [0.25, 0.3) is 215 Å². The molecule has 11 aliphatic rings. The van der Waals surface area contributed by atoms with Crippen molar-refractivity contribution in [1.29, 1.82) is 0 Å². The molecular weight excluding hydrogens is 1070 g/mol. The lowest BCUT2D eigenvalue weighted by Crippen LogP contribution is -2.62. The first-order valence-electron chi connectivity index (χ1n) is 31.4. The van der Waals surface area contributed by atoms with Crippen molar-refractivity contribution in [3.63, 3.8) is 0 Å². The van der Waals surface area contributed by atoms with Crippen LogP contribution >= 0.6 is 0 Å². The summed E-state index contributed by atoms with van der Waals surface area (Å²) in [5.74, 6) is 1.22. The Morgan fingerprint density at radius 2 is 0.384 bits per heavy atom. The predicted molar refractivity (Wildman–Crippen MR) is 328 cm³/mol. The van der Waals surface area contributed by atoms with Crippen molar-refractivity contribution < 1.29 is 48.6 Å². The largest absolute Gasteiger partial charge is 0.458 e. The molecule has 6 atom stereocenters. The second-order valence-electron chi connectivity index (χ2n) is 33.6. The highest BCUT2D eigenvalue weighted by molar-refractivity contribution is 6.77. The molecule has 9 aliphatic carbocycles. The van der Waals surface area contributed by atoms with Gasteiger partial charge in [0.25, 0.3) is 0 Å². The molecule has 0 saturated carbocycles. The maximum Gasteiger partial charge on any atom is 0.213 e. The Kier molecular flexibility index (Phi) is 4.10. The summed E-state index contributed by atoms with van der Waals surface area (Å²) >= 11 is 0. The minimum absolute atomic E-state index is 0.608. The maximum atomic E-state index is 8.77. The number of hydrogen-bond acceptors (Lipinski definition) is 10. The fourth-order valence-electron chi connectivity index (χ4n) is 25.7. The lowest BCUT2D eigenvalue weighted by Gasteiger charge is -2.57. The molecule has 21 aromatic rings. The smallest absolute Gasteiger partial charge is 0.213 e. The second-order valence-corrected chi connectivity index (χ2v) is 33.6. The highest BCUT2D eigenvalue weighted by Crippen LogP contribution is 2.94. The van der Waals surface area contributed by atoms with Gasteiger partial charge < -0.3 is 9.47 Å². The van der Waals surface area contributed by atoms with E-state index in [4.69, 9.17) is 48.6 Å². The predicted octanol–water partition coefficient (Wildman–Crippen LogP) is 17.8. The summed E-state index contributed by atoms with van der Waals surface area (Å²) in [6, 6.07) is 0. The molecule has 2 spiro atoms. The van der Waals surface area contributed by atoms with Crippen LogP contribution in [0.5, 0.6) is 0 Å². The van der Waals surface area contributed by atoms with E-state index >= 15 is 0 Å². The van der Waals surface area contributed by atoms with Crippen LogP contribution in [0.2, 0.25) is 0 Å². The summed E-state index contributed by atoms with van der Waals surface area (Å²) in [7, 11) is 0. The van der Waals surface area contributed by atoms with Crippen molar-refractivity contribution in [3.8, 4) is 0 Å². The Balaban J connectivity index is 1.05. The van der Waals surface area contributed by atoms with Gasteiger partial charge in [-0.25, -0.2) is 39.1 Å². The van der Waals surface area contributed by atoms with Crippen LogP contribution in [0, 0.1) is 0 Å². The molecule has 0 bridgehead atoms. The molecule has 0 N–H and O–H groups in total. The van der Waals surface area contributed by atoms with Crippen molar-refractivity contribution in [2.24, 2.45) is 0 Å². The first-order valence-corrected chi connectivity index (χ1v) is 31.4. The van der Waals surface area contributed by atoms with Crippen LogP contribution in [0.1, 0.15) is 139 Å². The van der Waals surface area contributed by atoms with Gasteiger partial charge in [0.1, 0.15) is 0 Å². The molecule has 2 heterocycles. The zero-order valence-electron chi connectivity index (χ0n) is 48.1. The summed E-state index contributed by atoms with van der Waals surface area (Å²) in [5.41, 5.74) is 1.08. The summed E-state index contributed by atoms with van der Waals surface area (Å²) < 4.78 is 17.5. The molecule has 86 heavy (non-hydrogen) atoms. The first kappa shape index (κ1) is 39.3. The van der Waals surface area contributed by atoms with E-state index in [1.54, 1.807) is 0 Å². The zero-order valence-corrected chi connectivity index (χ0v) is 48.1. The number of hydrogen-bond donors (Lipinski definition) is 0. The molecule has 10 heteroatoms. The fourth-order valence-corrected chi connectivity index (χ4v) is 25.7. The molecule has 10 nitrogen and oxygen atoms in total. The van der Waals surface area contributed by atoms with E-state index in [0.29, 0.717) is 11.5 Å².